The molecule has 0 aliphatic carbocycles. The molecule has 0 bridgehead atoms. The van der Waals surface area contributed by atoms with Crippen molar-refractivity contribution >= 4 is 5.97 Å². The Balaban J connectivity index is 3.64. The molecule has 90 valence electrons. The molecule has 0 aromatic rings. The average Bonchev–Trinajstić information content (AvgIpc) is 2.15. The molecule has 0 fully saturated rings. The summed E-state index contributed by atoms with van der Waals surface area (Å²) in [6, 6.07) is 0.168. The van der Waals surface area contributed by atoms with Gasteiger partial charge < -0.3 is 10.1 Å². The molecule has 0 aliphatic rings. The second-order valence-corrected chi connectivity index (χ2v) is 4.64. The van der Waals surface area contributed by atoms with E-state index in [4.69, 9.17) is 0 Å². The molecular weight excluding hydrogens is 190 g/mol. The third-order valence-corrected chi connectivity index (χ3v) is 2.51. The van der Waals surface area contributed by atoms with Crippen LogP contribution in [0.5, 0.6) is 0 Å². The van der Waals surface area contributed by atoms with Crippen molar-refractivity contribution in [2.75, 3.05) is 7.11 Å². The molecular formula is C12H25NO2. The highest BCUT2D eigenvalue weighted by atomic mass is 16.5. The van der Waals surface area contributed by atoms with E-state index in [1.54, 1.807) is 0 Å². The van der Waals surface area contributed by atoms with Crippen LogP contribution in [0.2, 0.25) is 0 Å². The topological polar surface area (TPSA) is 38.3 Å². The van der Waals surface area contributed by atoms with E-state index in [1.807, 2.05) is 6.92 Å². The van der Waals surface area contributed by atoms with Crippen molar-refractivity contribution in [1.82, 2.24) is 5.32 Å². The van der Waals surface area contributed by atoms with Crippen molar-refractivity contribution in [1.29, 1.82) is 0 Å². The first kappa shape index (κ1) is 14.4. The minimum atomic E-state index is -0.205. The van der Waals surface area contributed by atoms with Gasteiger partial charge >= 0.3 is 5.97 Å². The smallest absolute Gasteiger partial charge is 0.322 e. The van der Waals surface area contributed by atoms with Gasteiger partial charge in [-0.15, -0.1) is 0 Å². The first-order chi connectivity index (χ1) is 6.97. The number of carbonyl (C=O) groups excluding carboxylic acids is 1. The molecule has 0 aliphatic heterocycles. The summed E-state index contributed by atoms with van der Waals surface area (Å²) < 4.78 is 4.65. The second kappa shape index (κ2) is 7.69. The van der Waals surface area contributed by atoms with Crippen molar-refractivity contribution in [3.8, 4) is 0 Å². The fraction of sp³-hybridized carbons (Fsp3) is 0.917. The molecule has 2 atom stereocenters. The van der Waals surface area contributed by atoms with Crippen LogP contribution in [0.3, 0.4) is 0 Å². The first-order valence-corrected chi connectivity index (χ1v) is 5.81. The van der Waals surface area contributed by atoms with Gasteiger partial charge in [0, 0.05) is 6.04 Å². The van der Waals surface area contributed by atoms with Gasteiger partial charge in [0.25, 0.3) is 0 Å². The standard InChI is InChI=1S/C12H25NO2/c1-9(2)7-6-8-10(3)13-11(4)12(14)15-5/h9-11,13H,6-8H2,1-5H3. The van der Waals surface area contributed by atoms with Crippen molar-refractivity contribution in [2.45, 2.75) is 59.0 Å². The van der Waals surface area contributed by atoms with Gasteiger partial charge in [-0.3, -0.25) is 4.79 Å². The molecule has 0 heterocycles. The van der Waals surface area contributed by atoms with Gasteiger partial charge in [0.15, 0.2) is 0 Å². The average molecular weight is 215 g/mol. The Morgan fingerprint density at radius 2 is 1.80 bits per heavy atom. The van der Waals surface area contributed by atoms with E-state index in [0.29, 0.717) is 6.04 Å². The maximum atomic E-state index is 11.1. The van der Waals surface area contributed by atoms with Crippen LogP contribution in [0.1, 0.15) is 47.0 Å². The van der Waals surface area contributed by atoms with Crippen LogP contribution in [0, 0.1) is 5.92 Å². The van der Waals surface area contributed by atoms with E-state index in [9.17, 15) is 4.79 Å². The molecule has 2 unspecified atom stereocenters. The van der Waals surface area contributed by atoms with Crippen molar-refractivity contribution in [3.05, 3.63) is 0 Å². The van der Waals surface area contributed by atoms with E-state index in [-0.39, 0.29) is 12.0 Å². The number of hydrogen-bond acceptors (Lipinski definition) is 3. The maximum absolute atomic E-state index is 11.1. The quantitative estimate of drug-likeness (QED) is 0.662. The van der Waals surface area contributed by atoms with Crippen LogP contribution in [-0.2, 0) is 9.53 Å². The van der Waals surface area contributed by atoms with Crippen LogP contribution in [0.4, 0.5) is 0 Å². The lowest BCUT2D eigenvalue weighted by Gasteiger charge is -2.18. The Kier molecular flexibility index (Phi) is 7.39. The Morgan fingerprint density at radius 3 is 2.27 bits per heavy atom. The molecule has 0 aromatic carbocycles. The van der Waals surface area contributed by atoms with Gasteiger partial charge in [0.1, 0.15) is 6.04 Å². The fourth-order valence-electron chi connectivity index (χ4n) is 1.59. The Hall–Kier alpha value is -0.570. The molecule has 0 radical (unpaired) electrons. The van der Waals surface area contributed by atoms with Crippen molar-refractivity contribution in [2.24, 2.45) is 5.92 Å². The fourth-order valence-corrected chi connectivity index (χ4v) is 1.59. The highest BCUT2D eigenvalue weighted by molar-refractivity contribution is 5.75. The zero-order valence-electron chi connectivity index (χ0n) is 10.7. The van der Waals surface area contributed by atoms with Crippen LogP contribution in [0.25, 0.3) is 0 Å². The van der Waals surface area contributed by atoms with Gasteiger partial charge in [-0.25, -0.2) is 0 Å². The lowest BCUT2D eigenvalue weighted by molar-refractivity contribution is -0.142. The van der Waals surface area contributed by atoms with E-state index in [2.05, 4.69) is 30.8 Å². The second-order valence-electron chi connectivity index (χ2n) is 4.64. The molecule has 15 heavy (non-hydrogen) atoms. The Labute approximate surface area is 93.6 Å². The number of rotatable bonds is 7. The molecule has 0 amide bonds. The molecule has 1 N–H and O–H groups in total. The molecule has 0 saturated carbocycles. The summed E-state index contributed by atoms with van der Waals surface area (Å²) in [5, 5.41) is 3.23. The molecule has 0 rings (SSSR count). The minimum absolute atomic E-state index is 0.189. The molecule has 0 aromatic heterocycles. The van der Waals surface area contributed by atoms with Gasteiger partial charge in [0.2, 0.25) is 0 Å². The van der Waals surface area contributed by atoms with Gasteiger partial charge in [-0.1, -0.05) is 26.7 Å². The highest BCUT2D eigenvalue weighted by Crippen LogP contribution is 2.08. The lowest BCUT2D eigenvalue weighted by Crippen LogP contribution is -2.40. The predicted octanol–water partition coefficient (Wildman–Crippen LogP) is 2.35. The highest BCUT2D eigenvalue weighted by Gasteiger charge is 2.14. The maximum Gasteiger partial charge on any atom is 0.322 e. The molecule has 0 saturated heterocycles. The van der Waals surface area contributed by atoms with E-state index < -0.39 is 0 Å². The van der Waals surface area contributed by atoms with Gasteiger partial charge in [-0.05, 0) is 26.2 Å². The number of ether oxygens (including phenoxy) is 1. The predicted molar refractivity (Wildman–Crippen MR) is 62.8 cm³/mol. The summed E-state index contributed by atoms with van der Waals surface area (Å²) in [6.07, 6.45) is 3.57. The number of methoxy groups -OCH3 is 1. The van der Waals surface area contributed by atoms with E-state index in [1.165, 1.54) is 20.0 Å². The number of nitrogens with one attached hydrogen (secondary N) is 1. The number of esters is 1. The molecule has 3 heteroatoms. The van der Waals surface area contributed by atoms with Gasteiger partial charge in [-0.2, -0.15) is 0 Å². The summed E-state index contributed by atoms with van der Waals surface area (Å²) in [5.74, 6) is 0.570. The first-order valence-electron chi connectivity index (χ1n) is 5.81. The van der Waals surface area contributed by atoms with Gasteiger partial charge in [0.05, 0.1) is 7.11 Å². The van der Waals surface area contributed by atoms with Crippen molar-refractivity contribution in [3.63, 3.8) is 0 Å². The number of hydrogen-bond donors (Lipinski definition) is 1. The van der Waals surface area contributed by atoms with E-state index in [0.717, 1.165) is 12.3 Å². The van der Waals surface area contributed by atoms with Crippen LogP contribution >= 0.6 is 0 Å². The Bertz CT molecular complexity index is 180. The van der Waals surface area contributed by atoms with Crippen LogP contribution in [-0.4, -0.2) is 25.2 Å². The minimum Gasteiger partial charge on any atom is -0.468 e. The summed E-state index contributed by atoms with van der Waals surface area (Å²) >= 11 is 0. The zero-order valence-corrected chi connectivity index (χ0v) is 10.7. The van der Waals surface area contributed by atoms with Crippen LogP contribution < -0.4 is 5.32 Å². The summed E-state index contributed by atoms with van der Waals surface area (Å²) in [7, 11) is 1.42. The third-order valence-electron chi connectivity index (χ3n) is 2.51. The monoisotopic (exact) mass is 215 g/mol. The summed E-state index contributed by atoms with van der Waals surface area (Å²) in [6.45, 7) is 8.41. The summed E-state index contributed by atoms with van der Waals surface area (Å²) in [5.41, 5.74) is 0. The zero-order chi connectivity index (χ0) is 11.8. The van der Waals surface area contributed by atoms with Crippen molar-refractivity contribution < 1.29 is 9.53 Å². The Morgan fingerprint density at radius 1 is 1.20 bits per heavy atom. The molecule has 3 nitrogen and oxygen atoms in total. The van der Waals surface area contributed by atoms with E-state index >= 15 is 0 Å². The summed E-state index contributed by atoms with van der Waals surface area (Å²) in [4.78, 5) is 11.1. The molecule has 0 spiro atoms. The number of carbonyl (C=O) groups is 1. The SMILES string of the molecule is COC(=O)C(C)NC(C)CCCC(C)C. The normalized spacial score (nSPS) is 15.1. The largest absolute Gasteiger partial charge is 0.468 e. The van der Waals surface area contributed by atoms with Crippen LogP contribution in [0.15, 0.2) is 0 Å². The lowest BCUT2D eigenvalue weighted by atomic mass is 10.0. The third kappa shape index (κ3) is 7.37.